The van der Waals surface area contributed by atoms with Gasteiger partial charge in [-0.25, -0.2) is 0 Å². The van der Waals surface area contributed by atoms with E-state index in [-0.39, 0.29) is 5.41 Å². The Bertz CT molecular complexity index is 1380. The third-order valence-corrected chi connectivity index (χ3v) is 5.89. The van der Waals surface area contributed by atoms with Gasteiger partial charge in [0, 0.05) is 29.1 Å². The first-order valence-electron chi connectivity index (χ1n) is 11.0. The van der Waals surface area contributed by atoms with Gasteiger partial charge in [0.25, 0.3) is 0 Å². The van der Waals surface area contributed by atoms with Crippen molar-refractivity contribution in [3.8, 4) is 33.6 Å². The van der Waals surface area contributed by atoms with E-state index in [1.807, 2.05) is 30.6 Å². The molecule has 0 amide bonds. The Morgan fingerprint density at radius 1 is 0.562 bits per heavy atom. The molecular formula is C30H26N2. The zero-order chi connectivity index (χ0) is 22.1. The van der Waals surface area contributed by atoms with Gasteiger partial charge in [0.1, 0.15) is 0 Å². The highest BCUT2D eigenvalue weighted by molar-refractivity contribution is 5.91. The number of aromatic nitrogens is 2. The van der Waals surface area contributed by atoms with Crippen molar-refractivity contribution in [2.75, 3.05) is 0 Å². The predicted molar refractivity (Wildman–Crippen MR) is 135 cm³/mol. The van der Waals surface area contributed by atoms with Crippen molar-refractivity contribution in [1.82, 2.24) is 9.97 Å². The maximum absolute atomic E-state index is 4.71. The van der Waals surface area contributed by atoms with Crippen molar-refractivity contribution in [2.24, 2.45) is 0 Å². The lowest BCUT2D eigenvalue weighted by atomic mass is 9.82. The van der Waals surface area contributed by atoms with Crippen LogP contribution in [-0.2, 0) is 5.41 Å². The highest BCUT2D eigenvalue weighted by Crippen LogP contribution is 2.35. The Kier molecular flexibility index (Phi) is 5.07. The van der Waals surface area contributed by atoms with Gasteiger partial charge in [0.2, 0.25) is 0 Å². The van der Waals surface area contributed by atoms with Crippen LogP contribution in [0.2, 0.25) is 0 Å². The van der Waals surface area contributed by atoms with Crippen molar-refractivity contribution in [3.05, 3.63) is 109 Å². The summed E-state index contributed by atoms with van der Waals surface area (Å²) >= 11 is 0. The summed E-state index contributed by atoms with van der Waals surface area (Å²) in [4.78, 5) is 9.40. The lowest BCUT2D eigenvalue weighted by molar-refractivity contribution is 0.596. The SMILES string of the molecule is CC(C)(C)c1cc(-c2cc(-c3ccc(-c4ccccc4)nc3)ccn2)cc2ccccc12. The van der Waals surface area contributed by atoms with Crippen LogP contribution in [0.25, 0.3) is 44.4 Å². The standard InChI is InChI=1S/C30H26N2/c1-30(2,3)27-18-25(17-23-11-7-8-12-26(23)27)29-19-22(15-16-31-29)24-13-14-28(32-20-24)21-9-5-4-6-10-21/h4-20H,1-3H3. The average Bonchev–Trinajstić information content (AvgIpc) is 2.83. The summed E-state index contributed by atoms with van der Waals surface area (Å²) in [5.41, 5.74) is 7.82. The fraction of sp³-hybridized carbons (Fsp3) is 0.133. The van der Waals surface area contributed by atoms with Gasteiger partial charge in [-0.2, -0.15) is 0 Å². The second kappa shape index (κ2) is 8.05. The molecule has 5 rings (SSSR count). The quantitative estimate of drug-likeness (QED) is 0.299. The number of fused-ring (bicyclic) bond motifs is 1. The van der Waals surface area contributed by atoms with Crippen LogP contribution in [0.3, 0.4) is 0 Å². The van der Waals surface area contributed by atoms with Crippen molar-refractivity contribution < 1.29 is 0 Å². The number of hydrogen-bond donors (Lipinski definition) is 0. The molecule has 0 aliphatic heterocycles. The van der Waals surface area contributed by atoms with Crippen LogP contribution in [0.15, 0.2) is 103 Å². The van der Waals surface area contributed by atoms with E-state index in [9.17, 15) is 0 Å². The average molecular weight is 415 g/mol. The van der Waals surface area contributed by atoms with Crippen LogP contribution < -0.4 is 0 Å². The summed E-state index contributed by atoms with van der Waals surface area (Å²) in [6.07, 6.45) is 3.84. The van der Waals surface area contributed by atoms with Crippen molar-refractivity contribution in [3.63, 3.8) is 0 Å². The molecule has 0 aliphatic carbocycles. The lowest BCUT2D eigenvalue weighted by Crippen LogP contribution is -2.12. The molecule has 0 N–H and O–H groups in total. The molecule has 0 spiro atoms. The zero-order valence-electron chi connectivity index (χ0n) is 18.7. The van der Waals surface area contributed by atoms with Gasteiger partial charge >= 0.3 is 0 Å². The first-order valence-corrected chi connectivity index (χ1v) is 11.0. The molecule has 2 aromatic heterocycles. The summed E-state index contributed by atoms with van der Waals surface area (Å²) in [6, 6.07) is 31.8. The van der Waals surface area contributed by atoms with E-state index in [1.54, 1.807) is 0 Å². The first kappa shape index (κ1) is 20.1. The monoisotopic (exact) mass is 414 g/mol. The van der Waals surface area contributed by atoms with Crippen molar-refractivity contribution in [2.45, 2.75) is 26.2 Å². The van der Waals surface area contributed by atoms with Gasteiger partial charge in [-0.05, 0) is 57.6 Å². The molecule has 2 heteroatoms. The summed E-state index contributed by atoms with van der Waals surface area (Å²) in [5.74, 6) is 0. The van der Waals surface area contributed by atoms with Gasteiger partial charge in [0.15, 0.2) is 0 Å². The Balaban J connectivity index is 1.56. The van der Waals surface area contributed by atoms with E-state index < -0.39 is 0 Å². The number of nitrogens with zero attached hydrogens (tertiary/aromatic N) is 2. The molecule has 0 radical (unpaired) electrons. The number of hydrogen-bond acceptors (Lipinski definition) is 2. The molecule has 32 heavy (non-hydrogen) atoms. The van der Waals surface area contributed by atoms with Crippen LogP contribution in [0, 0.1) is 0 Å². The van der Waals surface area contributed by atoms with Crippen LogP contribution in [-0.4, -0.2) is 9.97 Å². The molecule has 0 atom stereocenters. The van der Waals surface area contributed by atoms with Gasteiger partial charge in [-0.1, -0.05) is 81.4 Å². The second-order valence-corrected chi connectivity index (χ2v) is 9.22. The number of rotatable bonds is 3. The fourth-order valence-electron chi connectivity index (χ4n) is 4.19. The Morgan fingerprint density at radius 3 is 2.09 bits per heavy atom. The van der Waals surface area contributed by atoms with E-state index >= 15 is 0 Å². The molecule has 5 aromatic rings. The van der Waals surface area contributed by atoms with Crippen LogP contribution >= 0.6 is 0 Å². The maximum Gasteiger partial charge on any atom is 0.0708 e. The largest absolute Gasteiger partial charge is 0.256 e. The van der Waals surface area contributed by atoms with E-state index in [0.717, 1.165) is 33.6 Å². The van der Waals surface area contributed by atoms with Gasteiger partial charge in [-0.3, -0.25) is 9.97 Å². The topological polar surface area (TPSA) is 25.8 Å². The van der Waals surface area contributed by atoms with Crippen molar-refractivity contribution in [1.29, 1.82) is 0 Å². The molecule has 0 fully saturated rings. The number of benzene rings is 3. The second-order valence-electron chi connectivity index (χ2n) is 9.22. The minimum Gasteiger partial charge on any atom is -0.256 e. The van der Waals surface area contributed by atoms with Crippen LogP contribution in [0.4, 0.5) is 0 Å². The van der Waals surface area contributed by atoms with E-state index in [2.05, 4.69) is 93.6 Å². The fourth-order valence-corrected chi connectivity index (χ4v) is 4.19. The minimum atomic E-state index is 0.0460. The Morgan fingerprint density at radius 2 is 1.34 bits per heavy atom. The van der Waals surface area contributed by atoms with E-state index in [1.165, 1.54) is 16.3 Å². The molecule has 2 nitrogen and oxygen atoms in total. The molecule has 0 saturated carbocycles. The molecule has 0 unspecified atom stereocenters. The van der Waals surface area contributed by atoms with Crippen LogP contribution in [0.5, 0.6) is 0 Å². The third-order valence-electron chi connectivity index (χ3n) is 5.89. The molecule has 0 saturated heterocycles. The lowest BCUT2D eigenvalue weighted by Gasteiger charge is -2.22. The summed E-state index contributed by atoms with van der Waals surface area (Å²) in [7, 11) is 0. The highest BCUT2D eigenvalue weighted by Gasteiger charge is 2.18. The predicted octanol–water partition coefficient (Wildman–Crippen LogP) is 7.93. The van der Waals surface area contributed by atoms with Gasteiger partial charge in [-0.15, -0.1) is 0 Å². The molecule has 0 aliphatic rings. The van der Waals surface area contributed by atoms with E-state index in [4.69, 9.17) is 9.97 Å². The maximum atomic E-state index is 4.71. The number of pyridine rings is 2. The normalized spacial score (nSPS) is 11.6. The molecule has 2 heterocycles. The summed E-state index contributed by atoms with van der Waals surface area (Å²) < 4.78 is 0. The van der Waals surface area contributed by atoms with Gasteiger partial charge in [0.05, 0.1) is 11.4 Å². The van der Waals surface area contributed by atoms with Crippen molar-refractivity contribution >= 4 is 10.8 Å². The summed E-state index contributed by atoms with van der Waals surface area (Å²) in [5, 5.41) is 2.55. The molecule has 0 bridgehead atoms. The first-order chi connectivity index (χ1) is 15.5. The smallest absolute Gasteiger partial charge is 0.0708 e. The Labute approximate surface area is 189 Å². The molecule has 3 aromatic carbocycles. The van der Waals surface area contributed by atoms with Crippen LogP contribution in [0.1, 0.15) is 26.3 Å². The Hall–Kier alpha value is -3.78. The third kappa shape index (κ3) is 3.92. The molecule has 156 valence electrons. The zero-order valence-corrected chi connectivity index (χ0v) is 18.7. The summed E-state index contributed by atoms with van der Waals surface area (Å²) in [6.45, 7) is 6.80. The van der Waals surface area contributed by atoms with Gasteiger partial charge < -0.3 is 0 Å². The minimum absolute atomic E-state index is 0.0460. The highest BCUT2D eigenvalue weighted by atomic mass is 14.7. The van der Waals surface area contributed by atoms with E-state index in [0.29, 0.717) is 0 Å². The molecular weight excluding hydrogens is 388 g/mol.